The number of halogens is 3. The second kappa shape index (κ2) is 6.11. The number of alkyl halides is 3. The summed E-state index contributed by atoms with van der Waals surface area (Å²) in [6.45, 7) is 2.84. The van der Waals surface area contributed by atoms with E-state index >= 15 is 0 Å². The van der Waals surface area contributed by atoms with Crippen molar-refractivity contribution in [2.45, 2.75) is 70.1 Å². The van der Waals surface area contributed by atoms with Gasteiger partial charge in [-0.2, -0.15) is 13.2 Å². The van der Waals surface area contributed by atoms with Gasteiger partial charge in [-0.3, -0.25) is 4.79 Å². The zero-order chi connectivity index (χ0) is 14.7. The number of carbonyl (C=O) groups excluding carboxylic acids is 1. The van der Waals surface area contributed by atoms with Gasteiger partial charge in [-0.1, -0.05) is 19.8 Å². The molecule has 0 aromatic rings. The molecule has 0 aromatic carbocycles. The number of nitrogens with one attached hydrogen (secondary N) is 1. The van der Waals surface area contributed by atoms with Crippen LogP contribution in [0.1, 0.15) is 52.4 Å². The fourth-order valence-corrected chi connectivity index (χ4v) is 2.47. The van der Waals surface area contributed by atoms with E-state index in [4.69, 9.17) is 5.73 Å². The van der Waals surface area contributed by atoms with Crippen LogP contribution < -0.4 is 11.1 Å². The Morgan fingerprint density at radius 3 is 2.21 bits per heavy atom. The molecule has 112 valence electrons. The van der Waals surface area contributed by atoms with Gasteiger partial charge in [0.2, 0.25) is 5.91 Å². The first-order valence-corrected chi connectivity index (χ1v) is 6.85. The van der Waals surface area contributed by atoms with Crippen molar-refractivity contribution < 1.29 is 18.0 Å². The average molecular weight is 280 g/mol. The third-order valence-corrected chi connectivity index (χ3v) is 3.94. The lowest BCUT2D eigenvalue weighted by molar-refractivity contribution is -0.187. The lowest BCUT2D eigenvalue weighted by Crippen LogP contribution is -2.62. The summed E-state index contributed by atoms with van der Waals surface area (Å²) < 4.78 is 37.8. The predicted molar refractivity (Wildman–Crippen MR) is 67.4 cm³/mol. The molecule has 1 atom stereocenters. The van der Waals surface area contributed by atoms with Crippen LogP contribution in [0.25, 0.3) is 0 Å². The van der Waals surface area contributed by atoms with E-state index in [2.05, 4.69) is 12.2 Å². The predicted octanol–water partition coefficient (Wildman–Crippen LogP) is 2.74. The highest BCUT2D eigenvalue weighted by atomic mass is 19.4. The van der Waals surface area contributed by atoms with Crippen LogP contribution >= 0.6 is 0 Å². The van der Waals surface area contributed by atoms with Gasteiger partial charge in [0.25, 0.3) is 0 Å². The summed E-state index contributed by atoms with van der Waals surface area (Å²) in [4.78, 5) is 11.6. The molecule has 0 radical (unpaired) electrons. The highest BCUT2D eigenvalue weighted by Gasteiger charge is 2.54. The molecule has 1 unspecified atom stereocenters. The molecule has 0 saturated heterocycles. The van der Waals surface area contributed by atoms with Gasteiger partial charge < -0.3 is 11.1 Å². The molecular formula is C13H23F3N2O. The maximum atomic E-state index is 12.6. The van der Waals surface area contributed by atoms with Gasteiger partial charge in [-0.25, -0.2) is 0 Å². The topological polar surface area (TPSA) is 55.1 Å². The van der Waals surface area contributed by atoms with Crippen molar-refractivity contribution in [1.29, 1.82) is 0 Å². The SMILES string of the molecule is CCCC1CCC(NC(=O)C(C)(N)C(F)(F)F)CC1. The zero-order valence-electron chi connectivity index (χ0n) is 11.5. The Morgan fingerprint density at radius 2 is 1.79 bits per heavy atom. The zero-order valence-corrected chi connectivity index (χ0v) is 11.5. The van der Waals surface area contributed by atoms with Gasteiger partial charge in [-0.05, 0) is 38.5 Å². The van der Waals surface area contributed by atoms with Crippen molar-refractivity contribution in [2.24, 2.45) is 11.7 Å². The molecule has 19 heavy (non-hydrogen) atoms. The minimum atomic E-state index is -4.73. The quantitative estimate of drug-likeness (QED) is 0.832. The molecule has 3 N–H and O–H groups in total. The average Bonchev–Trinajstić information content (AvgIpc) is 2.30. The second-order valence-electron chi connectivity index (χ2n) is 5.68. The summed E-state index contributed by atoms with van der Waals surface area (Å²) >= 11 is 0. The summed E-state index contributed by atoms with van der Waals surface area (Å²) in [5, 5.41) is 2.44. The molecule has 1 aliphatic rings. The minimum absolute atomic E-state index is 0.175. The smallest absolute Gasteiger partial charge is 0.351 e. The molecule has 1 fully saturated rings. The first-order valence-electron chi connectivity index (χ1n) is 6.85. The highest BCUT2D eigenvalue weighted by Crippen LogP contribution is 2.30. The number of carbonyl (C=O) groups is 1. The molecule has 0 bridgehead atoms. The Kier molecular flexibility index (Phi) is 5.24. The van der Waals surface area contributed by atoms with Crippen LogP contribution in [0.15, 0.2) is 0 Å². The van der Waals surface area contributed by atoms with Gasteiger partial charge in [0.15, 0.2) is 5.54 Å². The summed E-state index contributed by atoms with van der Waals surface area (Å²) in [6.07, 6.45) is 0.956. The van der Waals surface area contributed by atoms with Gasteiger partial charge in [-0.15, -0.1) is 0 Å². The normalized spacial score (nSPS) is 27.7. The van der Waals surface area contributed by atoms with E-state index in [1.54, 1.807) is 0 Å². The first-order chi connectivity index (χ1) is 8.68. The molecule has 0 spiro atoms. The third kappa shape index (κ3) is 4.09. The molecule has 3 nitrogen and oxygen atoms in total. The molecule has 1 amide bonds. The molecule has 0 aliphatic heterocycles. The summed E-state index contributed by atoms with van der Waals surface area (Å²) in [7, 11) is 0. The molecule has 1 saturated carbocycles. The van der Waals surface area contributed by atoms with E-state index in [1.165, 1.54) is 0 Å². The van der Waals surface area contributed by atoms with E-state index in [0.29, 0.717) is 12.8 Å². The fraction of sp³-hybridized carbons (Fsp3) is 0.923. The molecule has 0 aromatic heterocycles. The van der Waals surface area contributed by atoms with Crippen LogP contribution in [0, 0.1) is 5.92 Å². The van der Waals surface area contributed by atoms with Crippen molar-refractivity contribution in [3.63, 3.8) is 0 Å². The second-order valence-corrected chi connectivity index (χ2v) is 5.68. The summed E-state index contributed by atoms with van der Waals surface area (Å²) in [5.41, 5.74) is 2.28. The Hall–Kier alpha value is -0.780. The monoisotopic (exact) mass is 280 g/mol. The lowest BCUT2D eigenvalue weighted by atomic mass is 9.83. The molecule has 0 heterocycles. The van der Waals surface area contributed by atoms with Crippen LogP contribution in [0.4, 0.5) is 13.2 Å². The standard InChI is InChI=1S/C13H23F3N2O/c1-3-4-9-5-7-10(8-6-9)18-11(19)12(2,17)13(14,15)16/h9-10H,3-8,17H2,1-2H3,(H,18,19). The van der Waals surface area contributed by atoms with Crippen LogP contribution in [0.5, 0.6) is 0 Å². The number of hydrogen-bond donors (Lipinski definition) is 2. The van der Waals surface area contributed by atoms with Crippen LogP contribution in [0.2, 0.25) is 0 Å². The lowest BCUT2D eigenvalue weighted by Gasteiger charge is -2.32. The maximum Gasteiger partial charge on any atom is 0.415 e. The van der Waals surface area contributed by atoms with Crippen molar-refractivity contribution in [2.75, 3.05) is 0 Å². The fourth-order valence-electron chi connectivity index (χ4n) is 2.47. The highest BCUT2D eigenvalue weighted by molar-refractivity contribution is 5.86. The Labute approximate surface area is 112 Å². The van der Waals surface area contributed by atoms with Crippen molar-refractivity contribution in [1.82, 2.24) is 5.32 Å². The van der Waals surface area contributed by atoms with Gasteiger partial charge in [0.1, 0.15) is 0 Å². The number of amides is 1. The number of hydrogen-bond acceptors (Lipinski definition) is 2. The first kappa shape index (κ1) is 16.3. The van der Waals surface area contributed by atoms with E-state index < -0.39 is 17.6 Å². The number of nitrogens with two attached hydrogens (primary N) is 1. The summed E-state index contributed by atoms with van der Waals surface area (Å²) in [6, 6.07) is -0.175. The Morgan fingerprint density at radius 1 is 1.26 bits per heavy atom. The van der Waals surface area contributed by atoms with Crippen molar-refractivity contribution in [3.05, 3.63) is 0 Å². The molecular weight excluding hydrogens is 257 g/mol. The molecule has 1 rings (SSSR count). The minimum Gasteiger partial charge on any atom is -0.351 e. The van der Waals surface area contributed by atoms with E-state index in [0.717, 1.165) is 38.5 Å². The van der Waals surface area contributed by atoms with E-state index in [-0.39, 0.29) is 6.04 Å². The van der Waals surface area contributed by atoms with Gasteiger partial charge in [0.05, 0.1) is 0 Å². The molecule has 1 aliphatic carbocycles. The van der Waals surface area contributed by atoms with Crippen LogP contribution in [0.3, 0.4) is 0 Å². The third-order valence-electron chi connectivity index (χ3n) is 3.94. The van der Waals surface area contributed by atoms with Crippen LogP contribution in [-0.2, 0) is 4.79 Å². The Bertz CT molecular complexity index is 308. The van der Waals surface area contributed by atoms with Crippen molar-refractivity contribution >= 4 is 5.91 Å². The van der Waals surface area contributed by atoms with Crippen molar-refractivity contribution in [3.8, 4) is 0 Å². The Balaban J connectivity index is 2.47. The van der Waals surface area contributed by atoms with Gasteiger partial charge in [0, 0.05) is 6.04 Å². The molecule has 6 heteroatoms. The van der Waals surface area contributed by atoms with Crippen LogP contribution in [-0.4, -0.2) is 23.7 Å². The summed E-state index contributed by atoms with van der Waals surface area (Å²) in [5.74, 6) is -0.482. The van der Waals surface area contributed by atoms with E-state index in [9.17, 15) is 18.0 Å². The van der Waals surface area contributed by atoms with Gasteiger partial charge >= 0.3 is 6.18 Å². The number of rotatable bonds is 4. The van der Waals surface area contributed by atoms with E-state index in [1.807, 2.05) is 0 Å². The largest absolute Gasteiger partial charge is 0.415 e. The maximum absolute atomic E-state index is 12.6.